The lowest BCUT2D eigenvalue weighted by Gasteiger charge is -2.59. The predicted molar refractivity (Wildman–Crippen MR) is 133 cm³/mol. The van der Waals surface area contributed by atoms with Crippen LogP contribution in [-0.4, -0.2) is 53.9 Å². The van der Waals surface area contributed by atoms with Crippen molar-refractivity contribution in [1.82, 2.24) is 0 Å². The fourth-order valence-corrected chi connectivity index (χ4v) is 8.28. The maximum atomic E-state index is 14.5. The minimum absolute atomic E-state index is 0.0233. The van der Waals surface area contributed by atoms with Gasteiger partial charge in [0.25, 0.3) is 0 Å². The van der Waals surface area contributed by atoms with Crippen LogP contribution in [0.3, 0.4) is 0 Å². The molecule has 1 aromatic carbocycles. The van der Waals surface area contributed by atoms with E-state index < -0.39 is 34.5 Å². The summed E-state index contributed by atoms with van der Waals surface area (Å²) in [7, 11) is 0. The number of aliphatic hydroxyl groups is 1. The number of allylic oxidation sites excluding steroid dienone is 1. The molecule has 1 aromatic rings. The molecule has 1 saturated heterocycles. The number of fused-ring (bicyclic) bond motifs is 4. The fraction of sp³-hybridized carbons (Fsp3) is 0.633. The molecular formula is C30H36O7. The van der Waals surface area contributed by atoms with Crippen molar-refractivity contribution >= 4 is 17.7 Å². The van der Waals surface area contributed by atoms with Gasteiger partial charge in [-0.15, -0.1) is 0 Å². The van der Waals surface area contributed by atoms with Crippen LogP contribution >= 0.6 is 0 Å². The van der Waals surface area contributed by atoms with Crippen LogP contribution in [0.25, 0.3) is 0 Å². The summed E-state index contributed by atoms with van der Waals surface area (Å²) in [6, 6.07) is 8.74. The van der Waals surface area contributed by atoms with Crippen LogP contribution in [0.4, 0.5) is 0 Å². The van der Waals surface area contributed by atoms with E-state index in [9.17, 15) is 19.5 Å². The van der Waals surface area contributed by atoms with Crippen molar-refractivity contribution in [2.45, 2.75) is 71.2 Å². The third-order valence-electron chi connectivity index (χ3n) is 10.6. The van der Waals surface area contributed by atoms with Gasteiger partial charge in [0.15, 0.2) is 11.9 Å². The van der Waals surface area contributed by atoms with E-state index in [4.69, 9.17) is 14.2 Å². The minimum Gasteiger partial charge on any atom is -0.461 e. The van der Waals surface area contributed by atoms with Gasteiger partial charge in [-0.1, -0.05) is 30.7 Å². The van der Waals surface area contributed by atoms with Crippen molar-refractivity contribution in [3.8, 4) is 0 Å². The number of benzene rings is 1. The number of carbonyl (C=O) groups is 3. The van der Waals surface area contributed by atoms with Crippen LogP contribution in [0.2, 0.25) is 0 Å². The summed E-state index contributed by atoms with van der Waals surface area (Å²) in [6.45, 7) is 7.66. The Bertz CT molecular complexity index is 1190. The topological polar surface area (TPSA) is 99.1 Å². The van der Waals surface area contributed by atoms with Crippen LogP contribution in [0.5, 0.6) is 0 Å². The molecule has 37 heavy (non-hydrogen) atoms. The first-order chi connectivity index (χ1) is 17.5. The van der Waals surface area contributed by atoms with Gasteiger partial charge in [-0.05, 0) is 75.0 Å². The lowest BCUT2D eigenvalue weighted by Crippen LogP contribution is -2.65. The van der Waals surface area contributed by atoms with Crippen LogP contribution in [0, 0.1) is 34.5 Å². The summed E-state index contributed by atoms with van der Waals surface area (Å²) in [6.07, 6.45) is 1.54. The molecule has 0 unspecified atom stereocenters. The quantitative estimate of drug-likeness (QED) is 0.487. The Kier molecular flexibility index (Phi) is 5.53. The Labute approximate surface area is 217 Å². The van der Waals surface area contributed by atoms with Gasteiger partial charge in [-0.25, -0.2) is 4.79 Å². The lowest BCUT2D eigenvalue weighted by atomic mass is 9.49. The lowest BCUT2D eigenvalue weighted by molar-refractivity contribution is -0.209. The molecule has 1 spiro atoms. The van der Waals surface area contributed by atoms with Gasteiger partial charge in [-0.2, -0.15) is 0 Å². The first-order valence-corrected chi connectivity index (χ1v) is 13.5. The number of carbonyl (C=O) groups excluding carboxylic acids is 3. The molecule has 4 aliphatic carbocycles. The van der Waals surface area contributed by atoms with E-state index in [-0.39, 0.29) is 42.2 Å². The maximum absolute atomic E-state index is 14.5. The molecule has 7 nitrogen and oxygen atoms in total. The number of hydrogen-bond donors (Lipinski definition) is 1. The largest absolute Gasteiger partial charge is 0.461 e. The van der Waals surface area contributed by atoms with Gasteiger partial charge >= 0.3 is 11.9 Å². The second-order valence-electron chi connectivity index (χ2n) is 12.4. The molecule has 7 heteroatoms. The van der Waals surface area contributed by atoms with Gasteiger partial charge in [0.2, 0.25) is 0 Å². The van der Waals surface area contributed by atoms with E-state index in [2.05, 4.69) is 0 Å². The number of hydrogen-bond acceptors (Lipinski definition) is 7. The molecule has 6 rings (SSSR count). The molecule has 4 fully saturated rings. The molecule has 2 bridgehead atoms. The van der Waals surface area contributed by atoms with E-state index in [1.807, 2.05) is 26.8 Å². The Balaban J connectivity index is 1.46. The minimum atomic E-state index is -1.25. The summed E-state index contributed by atoms with van der Waals surface area (Å²) < 4.78 is 17.6. The number of rotatable bonds is 4. The second-order valence-corrected chi connectivity index (χ2v) is 12.4. The first-order valence-electron chi connectivity index (χ1n) is 13.5. The number of ketones is 1. The highest BCUT2D eigenvalue weighted by molar-refractivity contribution is 5.97. The molecule has 1 N–H and O–H groups in total. The molecule has 9 atom stereocenters. The monoisotopic (exact) mass is 508 g/mol. The van der Waals surface area contributed by atoms with Crippen LogP contribution in [0.15, 0.2) is 41.5 Å². The average molecular weight is 509 g/mol. The normalized spacial score (nSPS) is 43.8. The van der Waals surface area contributed by atoms with Crippen molar-refractivity contribution in [2.24, 2.45) is 34.5 Å². The van der Waals surface area contributed by atoms with E-state index in [1.165, 1.54) is 6.92 Å². The van der Waals surface area contributed by atoms with E-state index in [1.54, 1.807) is 24.3 Å². The summed E-state index contributed by atoms with van der Waals surface area (Å²) >= 11 is 0. The summed E-state index contributed by atoms with van der Waals surface area (Å²) in [5, 5.41) is 12.6. The Morgan fingerprint density at radius 2 is 1.89 bits per heavy atom. The van der Waals surface area contributed by atoms with Gasteiger partial charge in [0.1, 0.15) is 6.61 Å². The molecule has 0 amide bonds. The Hall–Kier alpha value is -2.51. The third kappa shape index (κ3) is 3.42. The standard InChI is InChI=1S/C30H36O7/c1-16-11-29(34)13-22-21-14-35-23(21)10-20-12-30(20,22)26(32)25(37-18(3)31)24(17(16)2)28(29,4)15-36-27(33)19-8-6-5-7-9-19/h5-9,16,20-23,25,34H,10-15H2,1-4H3/t16-,20+,21-,22+,23+,25+,28-,29+,30+/m1/s1. The van der Waals surface area contributed by atoms with Crippen molar-refractivity contribution < 1.29 is 33.7 Å². The number of ether oxygens (including phenoxy) is 3. The third-order valence-corrected chi connectivity index (χ3v) is 10.6. The van der Waals surface area contributed by atoms with Gasteiger partial charge in [0, 0.05) is 18.3 Å². The molecule has 0 aromatic heterocycles. The number of esters is 2. The number of Topliss-reactive ketones (excluding diaryl/α,β-unsaturated/α-hetero) is 1. The molecule has 5 aliphatic rings. The van der Waals surface area contributed by atoms with Gasteiger partial charge < -0.3 is 19.3 Å². The first kappa shape index (κ1) is 24.8. The van der Waals surface area contributed by atoms with Gasteiger partial charge in [-0.3, -0.25) is 9.59 Å². The van der Waals surface area contributed by atoms with E-state index in [0.717, 1.165) is 18.4 Å². The van der Waals surface area contributed by atoms with Crippen LogP contribution in [0.1, 0.15) is 63.7 Å². The molecule has 198 valence electrons. The highest BCUT2D eigenvalue weighted by atomic mass is 16.6. The smallest absolute Gasteiger partial charge is 0.338 e. The summed E-state index contributed by atoms with van der Waals surface area (Å²) in [5.74, 6) is -0.764. The Morgan fingerprint density at radius 3 is 2.54 bits per heavy atom. The zero-order chi connectivity index (χ0) is 26.3. The molecular weight excluding hydrogens is 472 g/mol. The van der Waals surface area contributed by atoms with E-state index >= 15 is 0 Å². The van der Waals surface area contributed by atoms with Gasteiger partial charge in [0.05, 0.1) is 29.3 Å². The molecule has 1 heterocycles. The van der Waals surface area contributed by atoms with Crippen molar-refractivity contribution in [2.75, 3.05) is 13.2 Å². The average Bonchev–Trinajstić information content (AvgIpc) is 3.58. The predicted octanol–water partition coefficient (Wildman–Crippen LogP) is 3.88. The maximum Gasteiger partial charge on any atom is 0.338 e. The highest BCUT2D eigenvalue weighted by Gasteiger charge is 2.75. The summed E-state index contributed by atoms with van der Waals surface area (Å²) in [5.41, 5.74) is -0.988. The fourth-order valence-electron chi connectivity index (χ4n) is 8.28. The molecule has 1 aliphatic heterocycles. The highest BCUT2D eigenvalue weighted by Crippen LogP contribution is 2.72. The zero-order valence-electron chi connectivity index (χ0n) is 22.0. The van der Waals surface area contributed by atoms with Crippen LogP contribution in [-0.2, 0) is 23.8 Å². The zero-order valence-corrected chi connectivity index (χ0v) is 22.0. The van der Waals surface area contributed by atoms with Crippen molar-refractivity contribution in [1.29, 1.82) is 0 Å². The van der Waals surface area contributed by atoms with Crippen LogP contribution < -0.4 is 0 Å². The Morgan fingerprint density at radius 1 is 1.16 bits per heavy atom. The SMILES string of the molecule is CC(=O)O[C@@H]1C(=O)[C@@]23C[C@@H]2C[C@@H]2OC[C@@H]2[C@@H]3C[C@@]2(O)C[C@@H](C)C(C)=C1[C@@]2(C)COC(=O)c1ccccc1. The van der Waals surface area contributed by atoms with E-state index in [0.29, 0.717) is 30.6 Å². The summed E-state index contributed by atoms with van der Waals surface area (Å²) in [4.78, 5) is 39.8. The van der Waals surface area contributed by atoms with Crippen molar-refractivity contribution in [3.05, 3.63) is 47.0 Å². The molecule has 0 radical (unpaired) electrons. The van der Waals surface area contributed by atoms with Crippen molar-refractivity contribution in [3.63, 3.8) is 0 Å². The molecule has 3 saturated carbocycles. The second kappa shape index (κ2) is 8.24.